The number of carbonyl (C=O) groups excluding carboxylic acids is 1. The number of halogens is 1. The minimum atomic E-state index is -0.554. The van der Waals surface area contributed by atoms with Gasteiger partial charge in [0, 0.05) is 5.56 Å². The zero-order valence-electron chi connectivity index (χ0n) is 11.9. The van der Waals surface area contributed by atoms with Crippen LogP contribution in [0.15, 0.2) is 39.9 Å². The first-order chi connectivity index (χ1) is 10.9. The highest BCUT2D eigenvalue weighted by Crippen LogP contribution is 2.34. The van der Waals surface area contributed by atoms with Gasteiger partial charge in [0.05, 0.1) is 17.8 Å². The van der Waals surface area contributed by atoms with Gasteiger partial charge in [0.15, 0.2) is 23.0 Å². The Bertz CT molecular complexity index is 777. The average molecular weight is 381 g/mol. The van der Waals surface area contributed by atoms with Crippen molar-refractivity contribution >= 4 is 28.1 Å². The number of nitrogens with zero attached hydrogens (tertiary/aromatic N) is 1. The Labute approximate surface area is 140 Å². The van der Waals surface area contributed by atoms with E-state index in [1.54, 1.807) is 12.1 Å². The molecule has 0 radical (unpaired) electrons. The smallest absolute Gasteiger partial charge is 0.271 e. The predicted molar refractivity (Wildman–Crippen MR) is 87.2 cm³/mol. The molecule has 0 atom stereocenters. The molecule has 0 saturated heterocycles. The first-order valence-electron chi connectivity index (χ1n) is 6.34. The number of phenols is 3. The van der Waals surface area contributed by atoms with Crippen LogP contribution in [0.3, 0.4) is 0 Å². The summed E-state index contributed by atoms with van der Waals surface area (Å²) in [5.41, 5.74) is 3.01. The van der Waals surface area contributed by atoms with Crippen molar-refractivity contribution in [1.82, 2.24) is 5.43 Å². The van der Waals surface area contributed by atoms with Crippen molar-refractivity contribution in [3.8, 4) is 23.0 Å². The SMILES string of the molecule is COc1cc(C=NNC(=O)c2ccc(O)c(O)c2)cc(Br)c1O. The Morgan fingerprint density at radius 1 is 1.22 bits per heavy atom. The predicted octanol–water partition coefficient (Wildman–Crippen LogP) is 2.34. The molecule has 2 aromatic carbocycles. The number of hydrazone groups is 1. The van der Waals surface area contributed by atoms with Crippen molar-refractivity contribution in [2.75, 3.05) is 7.11 Å². The van der Waals surface area contributed by atoms with Gasteiger partial charge in [-0.05, 0) is 51.8 Å². The Balaban J connectivity index is 2.10. The Hall–Kier alpha value is -2.74. The third kappa shape index (κ3) is 3.92. The zero-order valence-corrected chi connectivity index (χ0v) is 13.5. The first-order valence-corrected chi connectivity index (χ1v) is 7.13. The maximum Gasteiger partial charge on any atom is 0.271 e. The van der Waals surface area contributed by atoms with Gasteiger partial charge >= 0.3 is 0 Å². The van der Waals surface area contributed by atoms with Crippen molar-refractivity contribution < 1.29 is 24.9 Å². The first kappa shape index (κ1) is 16.6. The van der Waals surface area contributed by atoms with Crippen LogP contribution in [0.2, 0.25) is 0 Å². The molecule has 23 heavy (non-hydrogen) atoms. The van der Waals surface area contributed by atoms with E-state index in [1.807, 2.05) is 0 Å². The molecule has 0 aliphatic rings. The van der Waals surface area contributed by atoms with Gasteiger partial charge in [-0.1, -0.05) is 0 Å². The van der Waals surface area contributed by atoms with Crippen LogP contribution in [-0.2, 0) is 0 Å². The quantitative estimate of drug-likeness (QED) is 0.369. The molecule has 0 saturated carbocycles. The van der Waals surface area contributed by atoms with Crippen LogP contribution in [0, 0.1) is 0 Å². The van der Waals surface area contributed by atoms with Crippen molar-refractivity contribution in [2.24, 2.45) is 5.10 Å². The summed E-state index contributed by atoms with van der Waals surface area (Å²) in [6, 6.07) is 6.82. The number of amides is 1. The molecule has 0 fully saturated rings. The Morgan fingerprint density at radius 3 is 2.61 bits per heavy atom. The molecule has 8 heteroatoms. The van der Waals surface area contributed by atoms with Crippen LogP contribution in [0.5, 0.6) is 23.0 Å². The summed E-state index contributed by atoms with van der Waals surface area (Å²) in [6.45, 7) is 0. The number of benzene rings is 2. The lowest BCUT2D eigenvalue weighted by atomic mass is 10.2. The maximum absolute atomic E-state index is 11.9. The lowest BCUT2D eigenvalue weighted by Crippen LogP contribution is -2.17. The van der Waals surface area contributed by atoms with Gasteiger partial charge < -0.3 is 20.1 Å². The molecular formula is C15H13BrN2O5. The number of hydrogen-bond acceptors (Lipinski definition) is 6. The van der Waals surface area contributed by atoms with Gasteiger partial charge in [-0.15, -0.1) is 0 Å². The van der Waals surface area contributed by atoms with Crippen LogP contribution >= 0.6 is 15.9 Å². The second-order valence-corrected chi connectivity index (χ2v) is 5.31. The number of hydrogen-bond donors (Lipinski definition) is 4. The minimum absolute atomic E-state index is 0.0340. The summed E-state index contributed by atoms with van der Waals surface area (Å²) < 4.78 is 5.43. The maximum atomic E-state index is 11.9. The summed E-state index contributed by atoms with van der Waals surface area (Å²) in [5, 5.41) is 32.0. The van der Waals surface area contributed by atoms with Crippen LogP contribution in [-0.4, -0.2) is 34.6 Å². The van der Waals surface area contributed by atoms with Crippen LogP contribution < -0.4 is 10.2 Å². The van der Waals surface area contributed by atoms with E-state index in [9.17, 15) is 20.1 Å². The van der Waals surface area contributed by atoms with Crippen LogP contribution in [0.4, 0.5) is 0 Å². The van der Waals surface area contributed by atoms with E-state index in [0.717, 1.165) is 6.07 Å². The highest BCUT2D eigenvalue weighted by molar-refractivity contribution is 9.10. The van der Waals surface area contributed by atoms with E-state index in [0.29, 0.717) is 10.0 Å². The molecular weight excluding hydrogens is 368 g/mol. The molecule has 0 heterocycles. The van der Waals surface area contributed by atoms with Gasteiger partial charge in [0.1, 0.15) is 0 Å². The topological polar surface area (TPSA) is 111 Å². The monoisotopic (exact) mass is 380 g/mol. The number of phenolic OH excluding ortho intramolecular Hbond substituents is 3. The van der Waals surface area contributed by atoms with Gasteiger partial charge in [0.2, 0.25) is 0 Å². The fourth-order valence-electron chi connectivity index (χ4n) is 1.72. The molecule has 1 amide bonds. The number of aromatic hydroxyl groups is 3. The fourth-order valence-corrected chi connectivity index (χ4v) is 2.18. The van der Waals surface area contributed by atoms with Gasteiger partial charge in [-0.2, -0.15) is 5.10 Å². The van der Waals surface area contributed by atoms with E-state index in [-0.39, 0.29) is 22.8 Å². The lowest BCUT2D eigenvalue weighted by molar-refractivity contribution is 0.0954. The summed E-state index contributed by atoms with van der Waals surface area (Å²) in [7, 11) is 1.42. The van der Waals surface area contributed by atoms with E-state index < -0.39 is 11.7 Å². The third-order valence-corrected chi connectivity index (χ3v) is 3.49. The molecule has 120 valence electrons. The standard InChI is InChI=1S/C15H13BrN2O5/c1-23-13-5-8(4-10(16)14(13)21)7-17-18-15(22)9-2-3-11(19)12(20)6-9/h2-7,19-21H,1H3,(H,18,22). The summed E-state index contributed by atoms with van der Waals surface area (Å²) in [4.78, 5) is 11.9. The Morgan fingerprint density at radius 2 is 1.96 bits per heavy atom. The van der Waals surface area contributed by atoms with E-state index >= 15 is 0 Å². The normalized spacial score (nSPS) is 10.7. The minimum Gasteiger partial charge on any atom is -0.504 e. The van der Waals surface area contributed by atoms with Gasteiger partial charge in [-0.25, -0.2) is 5.43 Å². The molecule has 0 bridgehead atoms. The summed E-state index contributed by atoms with van der Waals surface area (Å²) >= 11 is 3.18. The van der Waals surface area contributed by atoms with Gasteiger partial charge in [-0.3, -0.25) is 4.79 Å². The fraction of sp³-hybridized carbons (Fsp3) is 0.0667. The van der Waals surface area contributed by atoms with E-state index in [1.165, 1.54) is 25.5 Å². The molecule has 4 N–H and O–H groups in total. The highest BCUT2D eigenvalue weighted by Gasteiger charge is 2.09. The van der Waals surface area contributed by atoms with Crippen molar-refractivity contribution in [3.05, 3.63) is 45.9 Å². The van der Waals surface area contributed by atoms with Crippen molar-refractivity contribution in [2.45, 2.75) is 0 Å². The molecule has 7 nitrogen and oxygen atoms in total. The van der Waals surface area contributed by atoms with Gasteiger partial charge in [0.25, 0.3) is 5.91 Å². The summed E-state index contributed by atoms with van der Waals surface area (Å²) in [5.74, 6) is -1.04. The molecule has 0 spiro atoms. The number of nitrogens with one attached hydrogen (secondary N) is 1. The molecule has 2 aromatic rings. The highest BCUT2D eigenvalue weighted by atomic mass is 79.9. The lowest BCUT2D eigenvalue weighted by Gasteiger charge is -2.06. The number of carbonyl (C=O) groups is 1. The molecule has 0 unspecified atom stereocenters. The van der Waals surface area contributed by atoms with E-state index in [4.69, 9.17) is 4.74 Å². The second-order valence-electron chi connectivity index (χ2n) is 4.46. The molecule has 0 aliphatic carbocycles. The molecule has 0 aromatic heterocycles. The number of methoxy groups -OCH3 is 1. The third-order valence-electron chi connectivity index (χ3n) is 2.89. The number of ether oxygens (including phenoxy) is 1. The largest absolute Gasteiger partial charge is 0.504 e. The van der Waals surface area contributed by atoms with E-state index in [2.05, 4.69) is 26.5 Å². The van der Waals surface area contributed by atoms with Crippen molar-refractivity contribution in [3.63, 3.8) is 0 Å². The Kier molecular flexibility index (Phi) is 5.07. The van der Waals surface area contributed by atoms with Crippen LogP contribution in [0.25, 0.3) is 0 Å². The van der Waals surface area contributed by atoms with Crippen LogP contribution in [0.1, 0.15) is 15.9 Å². The molecule has 0 aliphatic heterocycles. The number of rotatable bonds is 4. The zero-order chi connectivity index (χ0) is 17.0. The van der Waals surface area contributed by atoms with Crippen molar-refractivity contribution in [1.29, 1.82) is 0 Å². The molecule has 2 rings (SSSR count). The average Bonchev–Trinajstić information content (AvgIpc) is 2.53. The second kappa shape index (κ2) is 7.01. The summed E-state index contributed by atoms with van der Waals surface area (Å²) in [6.07, 6.45) is 1.37.